The van der Waals surface area contributed by atoms with Crippen LogP contribution < -0.4 is 14.2 Å². The molecule has 5 nitrogen and oxygen atoms in total. The van der Waals surface area contributed by atoms with E-state index >= 15 is 0 Å². The summed E-state index contributed by atoms with van der Waals surface area (Å²) in [5, 5.41) is 2.03. The van der Waals surface area contributed by atoms with Gasteiger partial charge in [0.1, 0.15) is 15.7 Å². The lowest BCUT2D eigenvalue weighted by molar-refractivity contribution is 0.405. The maximum absolute atomic E-state index is 12.2. The molecule has 0 saturated carbocycles. The quantitative estimate of drug-likeness (QED) is 0.912. The zero-order valence-electron chi connectivity index (χ0n) is 10.7. The SMILES string of the molecule is COc1cc(NS(=O)(=O)c2cccs2)c(OC)cc1Cl. The van der Waals surface area contributed by atoms with Crippen molar-refractivity contribution in [1.82, 2.24) is 0 Å². The van der Waals surface area contributed by atoms with Crippen LogP contribution >= 0.6 is 22.9 Å². The Kier molecular flexibility index (Phi) is 4.42. The smallest absolute Gasteiger partial charge is 0.271 e. The van der Waals surface area contributed by atoms with Crippen molar-refractivity contribution in [2.75, 3.05) is 18.9 Å². The fraction of sp³-hybridized carbons (Fsp3) is 0.167. The number of hydrogen-bond acceptors (Lipinski definition) is 5. The molecule has 8 heteroatoms. The summed E-state index contributed by atoms with van der Waals surface area (Å²) in [5.41, 5.74) is 0.266. The van der Waals surface area contributed by atoms with Gasteiger partial charge in [0.25, 0.3) is 10.0 Å². The average Bonchev–Trinajstić information content (AvgIpc) is 2.94. The molecule has 1 heterocycles. The number of nitrogens with one attached hydrogen (secondary N) is 1. The number of sulfonamides is 1. The van der Waals surface area contributed by atoms with E-state index in [1.807, 2.05) is 0 Å². The van der Waals surface area contributed by atoms with E-state index in [-0.39, 0.29) is 9.90 Å². The molecule has 0 unspecified atom stereocenters. The van der Waals surface area contributed by atoms with E-state index in [2.05, 4.69) is 4.72 Å². The van der Waals surface area contributed by atoms with Crippen LogP contribution in [0.4, 0.5) is 5.69 Å². The Morgan fingerprint density at radius 3 is 2.45 bits per heavy atom. The van der Waals surface area contributed by atoms with Gasteiger partial charge in [0.05, 0.1) is 24.9 Å². The minimum atomic E-state index is -3.65. The number of methoxy groups -OCH3 is 2. The van der Waals surface area contributed by atoms with E-state index in [0.717, 1.165) is 11.3 Å². The van der Waals surface area contributed by atoms with Crippen molar-refractivity contribution in [3.05, 3.63) is 34.7 Å². The van der Waals surface area contributed by atoms with Crippen LogP contribution in [0.5, 0.6) is 11.5 Å². The molecule has 1 aromatic carbocycles. The van der Waals surface area contributed by atoms with Gasteiger partial charge >= 0.3 is 0 Å². The zero-order chi connectivity index (χ0) is 14.8. The zero-order valence-corrected chi connectivity index (χ0v) is 13.1. The van der Waals surface area contributed by atoms with Gasteiger partial charge in [-0.2, -0.15) is 0 Å². The highest BCUT2D eigenvalue weighted by Crippen LogP contribution is 2.37. The summed E-state index contributed by atoms with van der Waals surface area (Å²) < 4.78 is 37.2. The largest absolute Gasteiger partial charge is 0.495 e. The van der Waals surface area contributed by atoms with Crippen LogP contribution in [0.25, 0.3) is 0 Å². The maximum atomic E-state index is 12.2. The molecule has 0 spiro atoms. The highest BCUT2D eigenvalue weighted by molar-refractivity contribution is 7.94. The standard InChI is InChI=1S/C12H12ClNO4S2/c1-17-10-7-9(11(18-2)6-8(10)13)14-20(15,16)12-4-3-5-19-12/h3-7,14H,1-2H3. The van der Waals surface area contributed by atoms with Gasteiger partial charge in [0.2, 0.25) is 0 Å². The monoisotopic (exact) mass is 333 g/mol. The summed E-state index contributed by atoms with van der Waals surface area (Å²) >= 11 is 7.10. The molecule has 0 aliphatic heterocycles. The van der Waals surface area contributed by atoms with E-state index in [4.69, 9.17) is 21.1 Å². The first-order chi connectivity index (χ1) is 9.47. The lowest BCUT2D eigenvalue weighted by Gasteiger charge is -2.13. The van der Waals surface area contributed by atoms with E-state index in [0.29, 0.717) is 16.5 Å². The van der Waals surface area contributed by atoms with Gasteiger partial charge in [0, 0.05) is 12.1 Å². The van der Waals surface area contributed by atoms with E-state index < -0.39 is 10.0 Å². The van der Waals surface area contributed by atoms with E-state index in [9.17, 15) is 8.42 Å². The van der Waals surface area contributed by atoms with Crippen LogP contribution in [-0.4, -0.2) is 22.6 Å². The van der Waals surface area contributed by atoms with Crippen molar-refractivity contribution < 1.29 is 17.9 Å². The molecule has 0 radical (unpaired) electrons. The Morgan fingerprint density at radius 2 is 1.90 bits per heavy atom. The van der Waals surface area contributed by atoms with Crippen LogP contribution in [-0.2, 0) is 10.0 Å². The molecular weight excluding hydrogens is 322 g/mol. The number of hydrogen-bond donors (Lipinski definition) is 1. The number of thiophene rings is 1. The predicted octanol–water partition coefficient (Wildman–Crippen LogP) is 3.22. The second kappa shape index (κ2) is 5.90. The van der Waals surface area contributed by atoms with Crippen molar-refractivity contribution in [3.63, 3.8) is 0 Å². The van der Waals surface area contributed by atoms with Gasteiger partial charge in [-0.1, -0.05) is 17.7 Å². The second-order valence-electron chi connectivity index (χ2n) is 3.72. The van der Waals surface area contributed by atoms with Gasteiger partial charge in [-0.3, -0.25) is 4.72 Å². The highest BCUT2D eigenvalue weighted by Gasteiger charge is 2.19. The van der Waals surface area contributed by atoms with Crippen molar-refractivity contribution in [1.29, 1.82) is 0 Å². The van der Waals surface area contributed by atoms with Crippen LogP contribution in [0, 0.1) is 0 Å². The van der Waals surface area contributed by atoms with Crippen LogP contribution in [0.15, 0.2) is 33.9 Å². The number of benzene rings is 1. The minimum absolute atomic E-state index is 0.216. The summed E-state index contributed by atoms with van der Waals surface area (Å²) in [7, 11) is -0.769. The Balaban J connectivity index is 2.43. The molecule has 0 aliphatic carbocycles. The van der Waals surface area contributed by atoms with Gasteiger partial charge in [-0.15, -0.1) is 11.3 Å². The van der Waals surface area contributed by atoms with E-state index in [1.54, 1.807) is 11.4 Å². The number of anilines is 1. The molecule has 2 rings (SSSR count). The lowest BCUT2D eigenvalue weighted by atomic mass is 10.3. The van der Waals surface area contributed by atoms with Crippen molar-refractivity contribution in [2.24, 2.45) is 0 Å². The van der Waals surface area contributed by atoms with Crippen molar-refractivity contribution >= 4 is 38.6 Å². The molecule has 1 aromatic heterocycles. The average molecular weight is 334 g/mol. The Bertz CT molecular complexity index is 698. The fourth-order valence-corrected chi connectivity index (χ4v) is 3.84. The predicted molar refractivity (Wildman–Crippen MR) is 79.7 cm³/mol. The number of rotatable bonds is 5. The molecule has 2 aromatic rings. The third kappa shape index (κ3) is 3.00. The summed E-state index contributed by atoms with van der Waals surface area (Å²) in [6.07, 6.45) is 0. The second-order valence-corrected chi connectivity index (χ2v) is 6.99. The van der Waals surface area contributed by atoms with Crippen LogP contribution in [0.2, 0.25) is 5.02 Å². The molecular formula is C12H12ClNO4S2. The van der Waals surface area contributed by atoms with Gasteiger partial charge in [-0.25, -0.2) is 8.42 Å². The first-order valence-corrected chi connectivity index (χ1v) is 8.20. The molecule has 0 bridgehead atoms. The topological polar surface area (TPSA) is 64.6 Å². The van der Waals surface area contributed by atoms with Crippen LogP contribution in [0.3, 0.4) is 0 Å². The normalized spacial score (nSPS) is 11.2. The third-order valence-electron chi connectivity index (χ3n) is 2.48. The molecule has 0 amide bonds. The van der Waals surface area contributed by atoms with Gasteiger partial charge in [-0.05, 0) is 11.4 Å². The maximum Gasteiger partial charge on any atom is 0.271 e. The van der Waals surface area contributed by atoms with E-state index in [1.165, 1.54) is 32.4 Å². The molecule has 108 valence electrons. The molecule has 0 aliphatic rings. The van der Waals surface area contributed by atoms with Gasteiger partial charge in [0.15, 0.2) is 0 Å². The van der Waals surface area contributed by atoms with Gasteiger partial charge < -0.3 is 9.47 Å². The Morgan fingerprint density at radius 1 is 1.20 bits per heavy atom. The lowest BCUT2D eigenvalue weighted by Crippen LogP contribution is -2.12. The molecule has 1 N–H and O–H groups in total. The third-order valence-corrected chi connectivity index (χ3v) is 5.54. The minimum Gasteiger partial charge on any atom is -0.495 e. The summed E-state index contributed by atoms with van der Waals surface area (Å²) in [6, 6.07) is 6.16. The first kappa shape index (κ1) is 15.0. The van der Waals surface area contributed by atoms with Crippen molar-refractivity contribution in [3.8, 4) is 11.5 Å². The highest BCUT2D eigenvalue weighted by atomic mass is 35.5. The first-order valence-electron chi connectivity index (χ1n) is 5.46. The fourth-order valence-electron chi connectivity index (χ4n) is 1.55. The molecule has 0 fully saturated rings. The molecule has 0 saturated heterocycles. The Hall–Kier alpha value is -1.44. The molecule has 0 atom stereocenters. The molecule has 20 heavy (non-hydrogen) atoms. The summed E-state index contributed by atoms with van der Waals surface area (Å²) in [4.78, 5) is 0. The number of ether oxygens (including phenoxy) is 2. The number of halogens is 1. The summed E-state index contributed by atoms with van der Waals surface area (Å²) in [6.45, 7) is 0. The summed E-state index contributed by atoms with van der Waals surface area (Å²) in [5.74, 6) is 0.673. The Labute approximate surface area is 126 Å². The van der Waals surface area contributed by atoms with Crippen molar-refractivity contribution in [2.45, 2.75) is 4.21 Å². The van der Waals surface area contributed by atoms with Crippen LogP contribution in [0.1, 0.15) is 0 Å².